The van der Waals surface area contributed by atoms with Crippen molar-refractivity contribution in [2.75, 3.05) is 6.54 Å². The van der Waals surface area contributed by atoms with Gasteiger partial charge < -0.3 is 9.64 Å². The number of aromatic nitrogens is 4. The molecule has 0 aromatic carbocycles. The number of pyridine rings is 2. The molecule has 1 fully saturated rings. The van der Waals surface area contributed by atoms with Gasteiger partial charge in [-0.05, 0) is 44.0 Å². The minimum Gasteiger partial charge on any atom is -0.471 e. The second kappa shape index (κ2) is 9.30. The Balaban J connectivity index is 1.55. The number of carbonyl (C=O) groups excluding carboxylic acids is 1. The highest BCUT2D eigenvalue weighted by Gasteiger charge is 2.36. The summed E-state index contributed by atoms with van der Waals surface area (Å²) >= 11 is 5.99. The highest BCUT2D eigenvalue weighted by molar-refractivity contribution is 6.31. The van der Waals surface area contributed by atoms with Crippen molar-refractivity contribution < 1.29 is 22.7 Å². The standard InChI is InChI=1S/C22H19ClF3N5O2/c1-13-17(33-20-16(23)11-14(12-30-20)22(24,25)26)6-3-10-31(13)21(32)18-15(5-2-7-27-18)19-28-8-4-9-29-19/h2,4-5,7-9,11-13,17H,3,6,10H2,1H3. The number of likely N-dealkylation sites (tertiary alicyclic amines) is 1. The SMILES string of the molecule is CC1C(Oc2ncc(C(F)(F)F)cc2Cl)CCCN1C(=O)c1ncccc1-c1ncccn1. The lowest BCUT2D eigenvalue weighted by Gasteiger charge is -2.39. The van der Waals surface area contributed by atoms with Crippen LogP contribution in [0.3, 0.4) is 0 Å². The summed E-state index contributed by atoms with van der Waals surface area (Å²) in [5.41, 5.74) is -0.244. The predicted molar refractivity (Wildman–Crippen MR) is 114 cm³/mol. The first-order chi connectivity index (χ1) is 15.8. The van der Waals surface area contributed by atoms with Crippen molar-refractivity contribution in [2.45, 2.75) is 38.1 Å². The third kappa shape index (κ3) is 4.90. The number of carbonyl (C=O) groups is 1. The molecular weight excluding hydrogens is 459 g/mol. The molecule has 4 rings (SSSR count). The van der Waals surface area contributed by atoms with Crippen LogP contribution in [0.25, 0.3) is 11.4 Å². The number of piperidine rings is 1. The molecule has 3 aromatic heterocycles. The van der Waals surface area contributed by atoms with Crippen LogP contribution in [-0.2, 0) is 6.18 Å². The number of alkyl halides is 3. The number of ether oxygens (including phenoxy) is 1. The van der Waals surface area contributed by atoms with Gasteiger partial charge in [0.1, 0.15) is 16.8 Å². The quantitative estimate of drug-likeness (QED) is 0.543. The van der Waals surface area contributed by atoms with Crippen molar-refractivity contribution in [1.82, 2.24) is 24.8 Å². The van der Waals surface area contributed by atoms with Crippen LogP contribution in [-0.4, -0.2) is 49.4 Å². The van der Waals surface area contributed by atoms with E-state index in [1.807, 2.05) is 0 Å². The van der Waals surface area contributed by atoms with E-state index in [9.17, 15) is 18.0 Å². The molecule has 0 spiro atoms. The monoisotopic (exact) mass is 477 g/mol. The van der Waals surface area contributed by atoms with Crippen molar-refractivity contribution in [2.24, 2.45) is 0 Å². The van der Waals surface area contributed by atoms with Crippen molar-refractivity contribution >= 4 is 17.5 Å². The van der Waals surface area contributed by atoms with Gasteiger partial charge in [0.25, 0.3) is 5.91 Å². The van der Waals surface area contributed by atoms with Crippen LogP contribution in [0.1, 0.15) is 35.8 Å². The fourth-order valence-corrected chi connectivity index (χ4v) is 3.90. The van der Waals surface area contributed by atoms with Gasteiger partial charge in [-0.2, -0.15) is 13.2 Å². The molecule has 0 aliphatic carbocycles. The van der Waals surface area contributed by atoms with Crippen LogP contribution in [0.5, 0.6) is 5.88 Å². The van der Waals surface area contributed by atoms with E-state index < -0.39 is 23.9 Å². The van der Waals surface area contributed by atoms with E-state index in [0.29, 0.717) is 37.0 Å². The maximum atomic E-state index is 13.4. The van der Waals surface area contributed by atoms with Crippen LogP contribution in [0.15, 0.2) is 49.1 Å². The largest absolute Gasteiger partial charge is 0.471 e. The van der Waals surface area contributed by atoms with E-state index in [1.165, 1.54) is 6.20 Å². The summed E-state index contributed by atoms with van der Waals surface area (Å²) in [5.74, 6) is -0.0375. The Kier molecular flexibility index (Phi) is 6.46. The molecule has 0 radical (unpaired) electrons. The van der Waals surface area contributed by atoms with E-state index in [2.05, 4.69) is 19.9 Å². The van der Waals surface area contributed by atoms with Gasteiger partial charge in [-0.25, -0.2) is 15.0 Å². The zero-order valence-electron chi connectivity index (χ0n) is 17.5. The second-order valence-corrected chi connectivity index (χ2v) is 7.93. The summed E-state index contributed by atoms with van der Waals surface area (Å²) in [6, 6.07) is 5.48. The molecule has 11 heteroatoms. The first-order valence-electron chi connectivity index (χ1n) is 10.2. The van der Waals surface area contributed by atoms with Crippen LogP contribution in [0, 0.1) is 0 Å². The lowest BCUT2D eigenvalue weighted by Crippen LogP contribution is -2.51. The topological polar surface area (TPSA) is 81.1 Å². The number of halogens is 4. The highest BCUT2D eigenvalue weighted by atomic mass is 35.5. The fourth-order valence-electron chi connectivity index (χ4n) is 3.69. The van der Waals surface area contributed by atoms with Gasteiger partial charge in [0.05, 0.1) is 17.2 Å². The van der Waals surface area contributed by atoms with E-state index in [1.54, 1.807) is 42.4 Å². The van der Waals surface area contributed by atoms with Gasteiger partial charge >= 0.3 is 6.18 Å². The summed E-state index contributed by atoms with van der Waals surface area (Å²) in [5, 5.41) is -0.242. The number of hydrogen-bond donors (Lipinski definition) is 0. The van der Waals surface area contributed by atoms with E-state index in [0.717, 1.165) is 6.07 Å². The fraction of sp³-hybridized carbons (Fsp3) is 0.318. The van der Waals surface area contributed by atoms with Gasteiger partial charge in [-0.1, -0.05) is 11.6 Å². The Hall–Kier alpha value is -3.27. The molecule has 4 heterocycles. The predicted octanol–water partition coefficient (Wildman–Crippen LogP) is 4.68. The molecule has 1 amide bonds. The molecule has 1 saturated heterocycles. The molecular formula is C22H19ClF3N5O2. The summed E-state index contributed by atoms with van der Waals surface area (Å²) in [4.78, 5) is 31.5. The number of rotatable bonds is 4. The van der Waals surface area contributed by atoms with Crippen LogP contribution < -0.4 is 4.74 Å². The normalized spacial score (nSPS) is 18.8. The molecule has 2 unspecified atom stereocenters. The smallest absolute Gasteiger partial charge is 0.417 e. The lowest BCUT2D eigenvalue weighted by atomic mass is 9.99. The Labute approximate surface area is 192 Å². The van der Waals surface area contributed by atoms with Gasteiger partial charge in [0.2, 0.25) is 5.88 Å². The Morgan fingerprint density at radius 1 is 1.15 bits per heavy atom. The van der Waals surface area contributed by atoms with Crippen molar-refractivity contribution in [3.05, 3.63) is 65.3 Å². The minimum absolute atomic E-state index is 0.105. The van der Waals surface area contributed by atoms with Crippen LogP contribution in [0.4, 0.5) is 13.2 Å². The number of hydrogen-bond acceptors (Lipinski definition) is 6. The third-order valence-corrected chi connectivity index (χ3v) is 5.66. The van der Waals surface area contributed by atoms with E-state index >= 15 is 0 Å². The molecule has 2 atom stereocenters. The average Bonchev–Trinajstić information content (AvgIpc) is 2.81. The molecule has 33 heavy (non-hydrogen) atoms. The van der Waals surface area contributed by atoms with Gasteiger partial charge in [-0.3, -0.25) is 9.78 Å². The zero-order chi connectivity index (χ0) is 23.6. The van der Waals surface area contributed by atoms with Gasteiger partial charge in [0, 0.05) is 31.3 Å². The Morgan fingerprint density at radius 3 is 2.58 bits per heavy atom. The summed E-state index contributed by atoms with van der Waals surface area (Å²) in [6.07, 6.45) is 1.51. The first kappa shape index (κ1) is 22.9. The highest BCUT2D eigenvalue weighted by Crippen LogP contribution is 2.34. The third-order valence-electron chi connectivity index (χ3n) is 5.39. The Bertz CT molecular complexity index is 1150. The van der Waals surface area contributed by atoms with Crippen LogP contribution >= 0.6 is 11.6 Å². The van der Waals surface area contributed by atoms with E-state index in [-0.39, 0.29) is 22.5 Å². The zero-order valence-corrected chi connectivity index (χ0v) is 18.2. The maximum absolute atomic E-state index is 13.4. The average molecular weight is 478 g/mol. The molecule has 3 aromatic rings. The lowest BCUT2D eigenvalue weighted by molar-refractivity contribution is -0.137. The van der Waals surface area contributed by atoms with Crippen molar-refractivity contribution in [3.63, 3.8) is 0 Å². The van der Waals surface area contributed by atoms with Gasteiger partial charge in [-0.15, -0.1) is 0 Å². The summed E-state index contributed by atoms with van der Waals surface area (Å²) in [6.45, 7) is 2.28. The number of amides is 1. The van der Waals surface area contributed by atoms with Crippen LogP contribution in [0.2, 0.25) is 5.02 Å². The van der Waals surface area contributed by atoms with E-state index in [4.69, 9.17) is 16.3 Å². The molecule has 1 aliphatic rings. The summed E-state index contributed by atoms with van der Waals surface area (Å²) in [7, 11) is 0. The minimum atomic E-state index is -4.56. The first-order valence-corrected chi connectivity index (χ1v) is 10.6. The van der Waals surface area contributed by atoms with Crippen molar-refractivity contribution in [3.8, 4) is 17.3 Å². The molecule has 0 saturated carbocycles. The number of nitrogens with zero attached hydrogens (tertiary/aromatic N) is 5. The Morgan fingerprint density at radius 2 is 1.88 bits per heavy atom. The molecule has 1 aliphatic heterocycles. The molecule has 7 nitrogen and oxygen atoms in total. The summed E-state index contributed by atoms with van der Waals surface area (Å²) < 4.78 is 44.5. The molecule has 0 bridgehead atoms. The second-order valence-electron chi connectivity index (χ2n) is 7.52. The molecule has 172 valence electrons. The molecule has 0 N–H and O–H groups in total. The van der Waals surface area contributed by atoms with Gasteiger partial charge in [0.15, 0.2) is 5.82 Å². The van der Waals surface area contributed by atoms with Crippen molar-refractivity contribution in [1.29, 1.82) is 0 Å². The maximum Gasteiger partial charge on any atom is 0.417 e.